The molecule has 0 radical (unpaired) electrons. The summed E-state index contributed by atoms with van der Waals surface area (Å²) in [6.07, 6.45) is 6.56. The van der Waals surface area contributed by atoms with Crippen molar-refractivity contribution in [2.45, 2.75) is 37.8 Å². The summed E-state index contributed by atoms with van der Waals surface area (Å²) in [5.74, 6) is 0.722. The summed E-state index contributed by atoms with van der Waals surface area (Å²) in [4.78, 5) is 2.22. The third-order valence-electron chi connectivity index (χ3n) is 3.83. The van der Waals surface area contributed by atoms with Gasteiger partial charge in [-0.25, -0.2) is 0 Å². The molecule has 0 bridgehead atoms. The molecule has 2 fully saturated rings. The van der Waals surface area contributed by atoms with Gasteiger partial charge >= 0.3 is 0 Å². The van der Waals surface area contributed by atoms with Crippen LogP contribution in [0.3, 0.4) is 0 Å². The average Bonchev–Trinajstić information content (AvgIpc) is 2.46. The Hall–Kier alpha value is -1.67. The monoisotopic (exact) mass is 244 g/mol. The first-order chi connectivity index (χ1) is 8.90. The molecule has 5 nitrogen and oxygen atoms in total. The van der Waals surface area contributed by atoms with Gasteiger partial charge in [0.2, 0.25) is 0 Å². The minimum absolute atomic E-state index is 0.293. The minimum Gasteiger partial charge on any atom is -0.374 e. The Balaban J connectivity index is 1.92. The highest BCUT2D eigenvalue weighted by molar-refractivity contribution is 5.53. The number of nitrogens with zero attached hydrogens (tertiary/aromatic N) is 4. The van der Waals surface area contributed by atoms with E-state index in [1.165, 1.54) is 12.8 Å². The molecule has 94 valence electrons. The Morgan fingerprint density at radius 2 is 2.28 bits per heavy atom. The summed E-state index contributed by atoms with van der Waals surface area (Å²) in [5, 5.41) is 17.3. The smallest absolute Gasteiger partial charge is 0.169 e. The van der Waals surface area contributed by atoms with Crippen molar-refractivity contribution >= 4 is 5.82 Å². The molecule has 2 unspecified atom stereocenters. The van der Waals surface area contributed by atoms with Gasteiger partial charge in [0.15, 0.2) is 5.82 Å². The van der Waals surface area contributed by atoms with Crippen molar-refractivity contribution in [1.82, 2.24) is 10.2 Å². The quantitative estimate of drug-likeness (QED) is 0.749. The van der Waals surface area contributed by atoms with Crippen molar-refractivity contribution in [3.63, 3.8) is 0 Å². The summed E-state index contributed by atoms with van der Waals surface area (Å²) < 4.78 is 5.83. The lowest BCUT2D eigenvalue weighted by molar-refractivity contribution is -0.00906. The number of fused-ring (bicyclic) bond motifs is 1. The Bertz CT molecular complexity index is 468. The maximum absolute atomic E-state index is 9.17. The molecule has 2 aliphatic rings. The van der Waals surface area contributed by atoms with Crippen LogP contribution in [0, 0.1) is 11.3 Å². The summed E-state index contributed by atoms with van der Waals surface area (Å²) in [6, 6.07) is 4.29. The molecule has 1 aliphatic carbocycles. The predicted molar refractivity (Wildman–Crippen MR) is 66.1 cm³/mol. The van der Waals surface area contributed by atoms with Gasteiger partial charge in [-0.2, -0.15) is 10.4 Å². The van der Waals surface area contributed by atoms with E-state index < -0.39 is 0 Å². The highest BCUT2D eigenvalue weighted by Crippen LogP contribution is 2.31. The first-order valence-electron chi connectivity index (χ1n) is 6.50. The van der Waals surface area contributed by atoms with E-state index in [1.54, 1.807) is 12.3 Å². The van der Waals surface area contributed by atoms with Crippen molar-refractivity contribution < 1.29 is 4.74 Å². The summed E-state index contributed by atoms with van der Waals surface area (Å²) >= 11 is 0. The predicted octanol–water partition coefficient (Wildman–Crippen LogP) is 1.50. The Labute approximate surface area is 106 Å². The van der Waals surface area contributed by atoms with Gasteiger partial charge in [0.25, 0.3) is 0 Å². The molecule has 0 aromatic carbocycles. The van der Waals surface area contributed by atoms with Gasteiger partial charge in [-0.05, 0) is 18.9 Å². The van der Waals surface area contributed by atoms with Crippen LogP contribution in [0.15, 0.2) is 12.3 Å². The maximum atomic E-state index is 9.17. The van der Waals surface area contributed by atoms with E-state index in [9.17, 15) is 0 Å². The highest BCUT2D eigenvalue weighted by Gasteiger charge is 2.35. The van der Waals surface area contributed by atoms with Crippen molar-refractivity contribution in [3.05, 3.63) is 17.8 Å². The van der Waals surface area contributed by atoms with E-state index in [2.05, 4.69) is 21.2 Å². The second-order valence-corrected chi connectivity index (χ2v) is 4.83. The van der Waals surface area contributed by atoms with Crippen LogP contribution in [0.5, 0.6) is 0 Å². The molecule has 1 saturated heterocycles. The largest absolute Gasteiger partial charge is 0.374 e. The average molecular weight is 244 g/mol. The van der Waals surface area contributed by atoms with Crippen LogP contribution in [-0.4, -0.2) is 35.5 Å². The zero-order chi connectivity index (χ0) is 12.4. The molecule has 0 N–H and O–H groups in total. The van der Waals surface area contributed by atoms with E-state index in [0.717, 1.165) is 25.2 Å². The Morgan fingerprint density at radius 1 is 1.39 bits per heavy atom. The SMILES string of the molecule is N#Cc1ccnnc1N1CCOC2CCCCC21. The molecule has 3 rings (SSSR count). The summed E-state index contributed by atoms with van der Waals surface area (Å²) in [6.45, 7) is 1.51. The third-order valence-corrected chi connectivity index (χ3v) is 3.83. The van der Waals surface area contributed by atoms with Gasteiger partial charge < -0.3 is 9.64 Å². The van der Waals surface area contributed by atoms with E-state index >= 15 is 0 Å². The molecule has 0 spiro atoms. The molecule has 1 aromatic rings. The van der Waals surface area contributed by atoms with Crippen LogP contribution >= 0.6 is 0 Å². The number of rotatable bonds is 1. The fourth-order valence-electron chi connectivity index (χ4n) is 2.98. The molecule has 1 saturated carbocycles. The number of hydrogen-bond acceptors (Lipinski definition) is 5. The number of nitriles is 1. The molecule has 18 heavy (non-hydrogen) atoms. The van der Waals surface area contributed by atoms with Crippen molar-refractivity contribution in [2.24, 2.45) is 0 Å². The second-order valence-electron chi connectivity index (χ2n) is 4.83. The molecular weight excluding hydrogens is 228 g/mol. The first kappa shape index (κ1) is 11.4. The lowest BCUT2D eigenvalue weighted by Gasteiger charge is -2.44. The van der Waals surface area contributed by atoms with Gasteiger partial charge in [0.05, 0.1) is 30.5 Å². The fraction of sp³-hybridized carbons (Fsp3) is 0.615. The first-order valence-corrected chi connectivity index (χ1v) is 6.50. The van der Waals surface area contributed by atoms with Gasteiger partial charge in [0, 0.05) is 6.54 Å². The van der Waals surface area contributed by atoms with Crippen LogP contribution in [0.25, 0.3) is 0 Å². The molecule has 2 atom stereocenters. The van der Waals surface area contributed by atoms with Crippen LogP contribution in [0.4, 0.5) is 5.82 Å². The number of aromatic nitrogens is 2. The lowest BCUT2D eigenvalue weighted by Crippen LogP contribution is -2.53. The maximum Gasteiger partial charge on any atom is 0.169 e. The molecule has 1 aliphatic heterocycles. The van der Waals surface area contributed by atoms with Crippen LogP contribution in [0.2, 0.25) is 0 Å². The summed E-state index contributed by atoms with van der Waals surface area (Å²) in [5.41, 5.74) is 0.608. The van der Waals surface area contributed by atoms with E-state index in [4.69, 9.17) is 10.00 Å². The number of ether oxygens (including phenoxy) is 1. The topological polar surface area (TPSA) is 62.0 Å². The van der Waals surface area contributed by atoms with E-state index in [-0.39, 0.29) is 0 Å². The molecule has 2 heterocycles. The van der Waals surface area contributed by atoms with Gasteiger partial charge in [-0.3, -0.25) is 0 Å². The highest BCUT2D eigenvalue weighted by atomic mass is 16.5. The lowest BCUT2D eigenvalue weighted by atomic mass is 9.90. The zero-order valence-electron chi connectivity index (χ0n) is 10.2. The van der Waals surface area contributed by atoms with Crippen LogP contribution < -0.4 is 4.90 Å². The van der Waals surface area contributed by atoms with Crippen molar-refractivity contribution in [1.29, 1.82) is 5.26 Å². The zero-order valence-corrected chi connectivity index (χ0v) is 10.2. The van der Waals surface area contributed by atoms with Gasteiger partial charge in [-0.1, -0.05) is 12.8 Å². The molecule has 5 heteroatoms. The van der Waals surface area contributed by atoms with E-state index in [0.29, 0.717) is 24.3 Å². The number of anilines is 1. The van der Waals surface area contributed by atoms with Crippen LogP contribution in [0.1, 0.15) is 31.2 Å². The van der Waals surface area contributed by atoms with Gasteiger partial charge in [0.1, 0.15) is 6.07 Å². The summed E-state index contributed by atoms with van der Waals surface area (Å²) in [7, 11) is 0. The third kappa shape index (κ3) is 1.93. The molecular formula is C13H16N4O. The van der Waals surface area contributed by atoms with Crippen molar-refractivity contribution in [2.75, 3.05) is 18.1 Å². The Kier molecular flexibility index (Phi) is 3.11. The van der Waals surface area contributed by atoms with Crippen LogP contribution in [-0.2, 0) is 4.74 Å². The molecule has 1 aromatic heterocycles. The van der Waals surface area contributed by atoms with Crippen molar-refractivity contribution in [3.8, 4) is 6.07 Å². The normalized spacial score (nSPS) is 27.4. The number of morpholine rings is 1. The Morgan fingerprint density at radius 3 is 3.17 bits per heavy atom. The minimum atomic E-state index is 0.293. The standard InChI is InChI=1S/C13H16N4O/c14-9-10-5-6-15-16-13(10)17-7-8-18-12-4-2-1-3-11(12)17/h5-6,11-12H,1-4,7-8H2. The molecule has 0 amide bonds. The van der Waals surface area contributed by atoms with E-state index in [1.807, 2.05) is 0 Å². The van der Waals surface area contributed by atoms with Gasteiger partial charge in [-0.15, -0.1) is 5.10 Å². The fourth-order valence-corrected chi connectivity index (χ4v) is 2.98. The number of hydrogen-bond donors (Lipinski definition) is 0. The second kappa shape index (κ2) is 4.91.